The zero-order chi connectivity index (χ0) is 25.4. The van der Waals surface area contributed by atoms with Crippen LogP contribution in [-0.2, 0) is 7.05 Å². The van der Waals surface area contributed by atoms with E-state index in [1.807, 2.05) is 13.1 Å². The van der Waals surface area contributed by atoms with E-state index in [2.05, 4.69) is 20.9 Å². The minimum atomic E-state index is -0.290. The largest absolute Gasteiger partial charge is 0.494 e. The Morgan fingerprint density at radius 1 is 1.08 bits per heavy atom. The first-order valence-electron chi connectivity index (χ1n) is 12.6. The molecule has 0 amide bonds. The standard InChI is InChI=1S/C28H32FN5O2/c1-32(25-15-27(35)33(2)24-13-7-20(16-30)31-28(24)25)21-8-10-22(11-9-21)34(17-18-4-5-18)23-12-6-19(29)14-26(23)36-3/h6-7,12-15,18,21-22H,4-5,8-11,17H2,1-3H3/t21-,22-. The summed E-state index contributed by atoms with van der Waals surface area (Å²) >= 11 is 0. The van der Waals surface area contributed by atoms with Gasteiger partial charge in [0.2, 0.25) is 0 Å². The van der Waals surface area contributed by atoms with Crippen LogP contribution in [0, 0.1) is 23.1 Å². The third kappa shape index (κ3) is 4.62. The number of benzene rings is 1. The quantitative estimate of drug-likeness (QED) is 0.482. The molecule has 0 spiro atoms. The van der Waals surface area contributed by atoms with Gasteiger partial charge in [0.05, 0.1) is 24.0 Å². The summed E-state index contributed by atoms with van der Waals surface area (Å²) in [5, 5.41) is 9.36. The van der Waals surface area contributed by atoms with Crippen molar-refractivity contribution in [3.8, 4) is 11.8 Å². The van der Waals surface area contributed by atoms with Gasteiger partial charge in [-0.15, -0.1) is 0 Å². The molecule has 0 saturated heterocycles. The highest BCUT2D eigenvalue weighted by Gasteiger charge is 2.33. The Balaban J connectivity index is 1.38. The van der Waals surface area contributed by atoms with Crippen molar-refractivity contribution in [1.29, 1.82) is 5.26 Å². The smallest absolute Gasteiger partial charge is 0.252 e. The molecule has 2 aliphatic rings. The number of nitrogens with zero attached hydrogens (tertiary/aromatic N) is 5. The number of pyridine rings is 2. The second kappa shape index (κ2) is 9.81. The Labute approximate surface area is 210 Å². The van der Waals surface area contributed by atoms with Gasteiger partial charge < -0.3 is 19.1 Å². The second-order valence-corrected chi connectivity index (χ2v) is 10.1. The molecular formula is C28H32FN5O2. The highest BCUT2D eigenvalue weighted by Crippen LogP contribution is 2.40. The van der Waals surface area contributed by atoms with Crippen molar-refractivity contribution >= 4 is 22.4 Å². The van der Waals surface area contributed by atoms with E-state index in [4.69, 9.17) is 4.74 Å². The lowest BCUT2D eigenvalue weighted by atomic mass is 9.88. The summed E-state index contributed by atoms with van der Waals surface area (Å²) in [5.41, 5.74) is 3.37. The van der Waals surface area contributed by atoms with Crippen LogP contribution >= 0.6 is 0 Å². The van der Waals surface area contributed by atoms with E-state index in [1.165, 1.54) is 25.0 Å². The van der Waals surface area contributed by atoms with Crippen molar-refractivity contribution in [1.82, 2.24) is 9.55 Å². The van der Waals surface area contributed by atoms with Crippen LogP contribution < -0.4 is 20.1 Å². The third-order valence-corrected chi connectivity index (χ3v) is 7.82. The molecule has 7 nitrogen and oxygen atoms in total. The number of aromatic nitrogens is 2. The monoisotopic (exact) mass is 489 g/mol. The van der Waals surface area contributed by atoms with Crippen LogP contribution in [0.2, 0.25) is 0 Å². The number of hydrogen-bond donors (Lipinski definition) is 0. The first-order valence-corrected chi connectivity index (χ1v) is 12.6. The minimum absolute atomic E-state index is 0.0939. The number of ether oxygens (including phenoxy) is 1. The molecule has 0 bridgehead atoms. The van der Waals surface area contributed by atoms with Crippen molar-refractivity contribution in [2.24, 2.45) is 13.0 Å². The van der Waals surface area contributed by atoms with Gasteiger partial charge in [-0.05, 0) is 68.7 Å². The summed E-state index contributed by atoms with van der Waals surface area (Å²) in [6.07, 6.45) is 6.38. The molecule has 2 heterocycles. The van der Waals surface area contributed by atoms with Crippen LogP contribution in [-0.4, -0.2) is 42.3 Å². The van der Waals surface area contributed by atoms with Gasteiger partial charge in [-0.1, -0.05) is 0 Å². The Morgan fingerprint density at radius 2 is 1.81 bits per heavy atom. The molecule has 188 valence electrons. The maximum atomic E-state index is 13.9. The Morgan fingerprint density at radius 3 is 2.47 bits per heavy atom. The summed E-state index contributed by atoms with van der Waals surface area (Å²) in [6.45, 7) is 0.966. The van der Waals surface area contributed by atoms with Gasteiger partial charge in [0.25, 0.3) is 5.56 Å². The van der Waals surface area contributed by atoms with Gasteiger partial charge in [0.1, 0.15) is 28.8 Å². The van der Waals surface area contributed by atoms with E-state index in [1.54, 1.807) is 36.9 Å². The van der Waals surface area contributed by atoms with Gasteiger partial charge in [-0.25, -0.2) is 9.37 Å². The molecule has 1 aromatic carbocycles. The van der Waals surface area contributed by atoms with E-state index in [0.717, 1.165) is 49.1 Å². The van der Waals surface area contributed by atoms with Gasteiger partial charge in [-0.2, -0.15) is 5.26 Å². The number of fused-ring (bicyclic) bond motifs is 1. The first kappa shape index (κ1) is 24.1. The molecule has 8 heteroatoms. The number of nitriles is 1. The molecule has 5 rings (SSSR count). The van der Waals surface area contributed by atoms with Crippen molar-refractivity contribution in [2.45, 2.75) is 50.6 Å². The molecule has 3 aromatic rings. The van der Waals surface area contributed by atoms with Crippen LogP contribution in [0.4, 0.5) is 15.8 Å². The average molecular weight is 490 g/mol. The summed E-state index contributed by atoms with van der Waals surface area (Å²) in [6, 6.07) is 12.6. The fourth-order valence-electron chi connectivity index (χ4n) is 5.51. The zero-order valence-corrected chi connectivity index (χ0v) is 21.1. The Bertz CT molecular complexity index is 1370. The lowest BCUT2D eigenvalue weighted by Gasteiger charge is -2.42. The Hall–Kier alpha value is -3.60. The Kier molecular flexibility index (Phi) is 6.57. The molecule has 0 unspecified atom stereocenters. The van der Waals surface area contributed by atoms with E-state index in [0.29, 0.717) is 28.9 Å². The summed E-state index contributed by atoms with van der Waals surface area (Å²) in [7, 11) is 5.34. The van der Waals surface area contributed by atoms with Crippen LogP contribution in [0.1, 0.15) is 44.2 Å². The SMILES string of the molecule is COc1cc(F)ccc1N(CC1CC1)[C@H]1CC[C@H](N(C)c2cc(=O)n(C)c3ccc(C#N)nc23)CC1. The van der Waals surface area contributed by atoms with Crippen molar-refractivity contribution in [3.63, 3.8) is 0 Å². The van der Waals surface area contributed by atoms with Crippen LogP contribution in [0.15, 0.2) is 41.2 Å². The maximum Gasteiger partial charge on any atom is 0.252 e. The van der Waals surface area contributed by atoms with Crippen LogP contribution in [0.3, 0.4) is 0 Å². The molecule has 0 aliphatic heterocycles. The molecule has 36 heavy (non-hydrogen) atoms. The van der Waals surface area contributed by atoms with Gasteiger partial charge in [-0.3, -0.25) is 4.79 Å². The molecule has 0 radical (unpaired) electrons. The number of hydrogen-bond acceptors (Lipinski definition) is 6. The number of halogens is 1. The number of rotatable bonds is 7. The van der Waals surface area contributed by atoms with Crippen molar-refractivity contribution in [3.05, 3.63) is 58.3 Å². The van der Waals surface area contributed by atoms with Crippen molar-refractivity contribution < 1.29 is 9.13 Å². The van der Waals surface area contributed by atoms with Crippen LogP contribution in [0.5, 0.6) is 5.75 Å². The molecule has 0 atom stereocenters. The first-order chi connectivity index (χ1) is 17.4. The molecule has 2 saturated carbocycles. The third-order valence-electron chi connectivity index (χ3n) is 7.82. The molecule has 0 N–H and O–H groups in total. The lowest BCUT2D eigenvalue weighted by molar-refractivity contribution is 0.359. The number of methoxy groups -OCH3 is 1. The highest BCUT2D eigenvalue weighted by atomic mass is 19.1. The molecule has 2 aromatic heterocycles. The van der Waals surface area contributed by atoms with Gasteiger partial charge in [0, 0.05) is 44.9 Å². The number of aryl methyl sites for hydroxylation is 1. The van der Waals surface area contributed by atoms with E-state index in [9.17, 15) is 14.4 Å². The molecule has 2 aliphatic carbocycles. The minimum Gasteiger partial charge on any atom is -0.494 e. The second-order valence-electron chi connectivity index (χ2n) is 10.1. The molecular weight excluding hydrogens is 457 g/mol. The zero-order valence-electron chi connectivity index (χ0n) is 21.1. The van der Waals surface area contributed by atoms with E-state index in [-0.39, 0.29) is 17.4 Å². The van der Waals surface area contributed by atoms with E-state index < -0.39 is 0 Å². The number of anilines is 2. The summed E-state index contributed by atoms with van der Waals surface area (Å²) in [4.78, 5) is 21.8. The molecule has 2 fully saturated rings. The van der Waals surface area contributed by atoms with Crippen molar-refractivity contribution in [2.75, 3.05) is 30.5 Å². The van der Waals surface area contributed by atoms with E-state index >= 15 is 0 Å². The lowest BCUT2D eigenvalue weighted by Crippen LogP contribution is -2.44. The van der Waals surface area contributed by atoms with Crippen LogP contribution in [0.25, 0.3) is 11.0 Å². The predicted octanol–water partition coefficient (Wildman–Crippen LogP) is 4.62. The van der Waals surface area contributed by atoms with Gasteiger partial charge in [0.15, 0.2) is 0 Å². The van der Waals surface area contributed by atoms with Gasteiger partial charge >= 0.3 is 0 Å². The fourth-order valence-corrected chi connectivity index (χ4v) is 5.51. The normalized spacial score (nSPS) is 19.6. The highest BCUT2D eigenvalue weighted by molar-refractivity contribution is 5.88. The maximum absolute atomic E-state index is 13.9. The predicted molar refractivity (Wildman–Crippen MR) is 139 cm³/mol. The average Bonchev–Trinajstić information content (AvgIpc) is 3.73. The topological polar surface area (TPSA) is 74.4 Å². The summed E-state index contributed by atoms with van der Waals surface area (Å²) < 4.78 is 21.0. The fraction of sp³-hybridized carbons (Fsp3) is 0.464. The summed E-state index contributed by atoms with van der Waals surface area (Å²) in [5.74, 6) is 0.982.